The predicted molar refractivity (Wildman–Crippen MR) is 159 cm³/mol. The number of aliphatic hydroxyl groups is 3. The number of phenols is 1. The maximum Gasteiger partial charge on any atom is 0.418 e. The number of alkyl halides is 4. The fourth-order valence-corrected chi connectivity index (χ4v) is 6.62. The van der Waals surface area contributed by atoms with Crippen LogP contribution in [-0.2, 0) is 32.9 Å². The number of phenolic OH excluding ortho intramolecular Hbond substituents is 1. The van der Waals surface area contributed by atoms with Crippen molar-refractivity contribution in [2.75, 3.05) is 29.6 Å². The van der Waals surface area contributed by atoms with Gasteiger partial charge in [-0.3, -0.25) is 14.4 Å². The van der Waals surface area contributed by atoms with Gasteiger partial charge in [-0.25, -0.2) is 4.79 Å². The lowest BCUT2D eigenvalue weighted by atomic mass is 9.59. The van der Waals surface area contributed by atoms with Crippen LogP contribution in [0.1, 0.15) is 35.1 Å². The van der Waals surface area contributed by atoms with Crippen LogP contribution in [0.2, 0.25) is 0 Å². The van der Waals surface area contributed by atoms with Gasteiger partial charge in [-0.15, -0.1) is 11.6 Å². The first-order chi connectivity index (χ1) is 21.4. The molecule has 0 saturated heterocycles. The highest BCUT2D eigenvalue weighted by atomic mass is 35.5. The molecule has 3 amide bonds. The molecule has 0 aliphatic heterocycles. The van der Waals surface area contributed by atoms with E-state index in [2.05, 4.69) is 10.6 Å². The minimum Gasteiger partial charge on any atom is -0.508 e. The van der Waals surface area contributed by atoms with Crippen molar-refractivity contribution in [3.8, 4) is 5.75 Å². The molecule has 2 aromatic carbocycles. The predicted octanol–water partition coefficient (Wildman–Crippen LogP) is 3.89. The number of Topliss-reactive ketones (excluding diaryl/α,β-unsaturated/α-hetero) is 2. The molecule has 8 N–H and O–H groups in total. The van der Waals surface area contributed by atoms with Gasteiger partial charge in [0.15, 0.2) is 17.1 Å². The number of benzene rings is 2. The van der Waals surface area contributed by atoms with Crippen molar-refractivity contribution >= 4 is 57.9 Å². The number of hydrogen-bond acceptors (Lipinski definition) is 9. The van der Waals surface area contributed by atoms with E-state index >= 15 is 0 Å². The summed E-state index contributed by atoms with van der Waals surface area (Å²) in [6.45, 7) is 0. The van der Waals surface area contributed by atoms with Crippen molar-refractivity contribution in [1.82, 2.24) is 0 Å². The number of anilines is 3. The lowest BCUT2D eigenvalue weighted by molar-refractivity contribution is -0.147. The Balaban J connectivity index is 1.58. The number of rotatable bonds is 5. The van der Waals surface area contributed by atoms with Crippen molar-refractivity contribution in [3.05, 3.63) is 63.4 Å². The Morgan fingerprint density at radius 1 is 1.09 bits per heavy atom. The number of hydrogen-bond donors (Lipinski definition) is 7. The second-order valence-corrected chi connectivity index (χ2v) is 11.8. The minimum absolute atomic E-state index is 0.00377. The SMILES string of the molecule is CN(C)c1cc(NC(=O)Nc2ccc(CCl)cc2C(F)(F)F)c(O)c2c1C[C@H]1C[C@H]3CC(=O)C(C(N)=O)=C(O)[C@@]3(O)C(=O)C1=C2O. The monoisotopic (exact) mass is 664 g/mol. The van der Waals surface area contributed by atoms with Gasteiger partial charge < -0.3 is 41.7 Å². The number of nitrogens with two attached hydrogens (primary N) is 1. The average molecular weight is 665 g/mol. The highest BCUT2D eigenvalue weighted by molar-refractivity contribution is 6.23. The fraction of sp³-hybridized carbons (Fsp3) is 0.333. The summed E-state index contributed by atoms with van der Waals surface area (Å²) in [4.78, 5) is 52.7. The zero-order valence-corrected chi connectivity index (χ0v) is 25.0. The Hall–Kier alpha value is -4.76. The molecule has 3 aliphatic carbocycles. The number of nitrogens with zero attached hydrogens (tertiary/aromatic N) is 1. The van der Waals surface area contributed by atoms with Gasteiger partial charge in [0.05, 0.1) is 22.5 Å². The number of primary amides is 1. The van der Waals surface area contributed by atoms with Crippen LogP contribution in [-0.4, -0.2) is 63.6 Å². The molecule has 0 radical (unpaired) electrons. The topological polar surface area (TPSA) is 203 Å². The lowest BCUT2D eigenvalue weighted by Gasteiger charge is -2.46. The molecule has 46 heavy (non-hydrogen) atoms. The third-order valence-electron chi connectivity index (χ3n) is 8.56. The lowest BCUT2D eigenvalue weighted by Crippen LogP contribution is -2.58. The van der Waals surface area contributed by atoms with Crippen LogP contribution in [0.15, 0.2) is 41.2 Å². The Morgan fingerprint density at radius 2 is 1.74 bits per heavy atom. The summed E-state index contributed by atoms with van der Waals surface area (Å²) in [6.07, 6.45) is -5.39. The number of halogens is 4. The summed E-state index contributed by atoms with van der Waals surface area (Å²) in [5.41, 5.74) is -0.456. The maximum atomic E-state index is 13.8. The quantitative estimate of drug-likeness (QED) is 0.141. The van der Waals surface area contributed by atoms with Crippen molar-refractivity contribution in [1.29, 1.82) is 0 Å². The van der Waals surface area contributed by atoms with Gasteiger partial charge in [0.1, 0.15) is 17.1 Å². The molecule has 0 bridgehead atoms. The first-order valence-corrected chi connectivity index (χ1v) is 14.3. The number of urea groups is 1. The molecule has 3 atom stereocenters. The van der Waals surface area contributed by atoms with Gasteiger partial charge in [0.2, 0.25) is 5.78 Å². The van der Waals surface area contributed by atoms with Crippen LogP contribution < -0.4 is 21.3 Å². The van der Waals surface area contributed by atoms with Crippen molar-refractivity contribution in [2.24, 2.45) is 17.6 Å². The van der Waals surface area contributed by atoms with Crippen LogP contribution >= 0.6 is 11.6 Å². The van der Waals surface area contributed by atoms with E-state index < -0.39 is 93.2 Å². The Labute approximate surface area is 263 Å². The van der Waals surface area contributed by atoms with E-state index in [1.165, 1.54) is 12.1 Å². The highest BCUT2D eigenvalue weighted by Gasteiger charge is 2.60. The highest BCUT2D eigenvalue weighted by Crippen LogP contribution is 2.54. The standard InChI is InChI=1S/C30H28ClF3N4O8/c1-38(2)18-9-17(37-28(45)36-16-4-3-11(10-31)5-15(16)30(32,33)34)23(40)21-14(18)7-12-6-13-8-19(39)22(27(35)44)26(43)29(13,46)25(42)20(12)24(21)41/h3-5,9,12-13,40-41,43,46H,6-8,10H2,1-2H3,(H2,35,44)(H2,36,37,45)/t12-,13+,29+/m1/s1. The summed E-state index contributed by atoms with van der Waals surface area (Å²) in [6, 6.07) is 3.24. The number of amides is 3. The minimum atomic E-state index is -4.84. The van der Waals surface area contributed by atoms with Gasteiger partial charge in [-0.2, -0.15) is 13.2 Å². The van der Waals surface area contributed by atoms with Crippen LogP contribution in [0.4, 0.5) is 35.0 Å². The second-order valence-electron chi connectivity index (χ2n) is 11.5. The van der Waals surface area contributed by atoms with E-state index in [1.807, 2.05) is 0 Å². The number of aromatic hydroxyl groups is 1. The van der Waals surface area contributed by atoms with Crippen LogP contribution in [0, 0.1) is 11.8 Å². The summed E-state index contributed by atoms with van der Waals surface area (Å²) < 4.78 is 41.1. The van der Waals surface area contributed by atoms with E-state index in [9.17, 15) is 52.8 Å². The molecular formula is C30H28ClF3N4O8. The Kier molecular flexibility index (Phi) is 7.97. The Morgan fingerprint density at radius 3 is 2.33 bits per heavy atom. The zero-order valence-electron chi connectivity index (χ0n) is 24.3. The third kappa shape index (κ3) is 5.08. The molecule has 16 heteroatoms. The number of nitrogens with one attached hydrogen (secondary N) is 2. The van der Waals surface area contributed by atoms with Gasteiger partial charge >= 0.3 is 12.2 Å². The smallest absolute Gasteiger partial charge is 0.418 e. The maximum absolute atomic E-state index is 13.8. The molecule has 0 heterocycles. The van der Waals surface area contributed by atoms with Crippen molar-refractivity contribution < 1.29 is 52.8 Å². The molecule has 0 spiro atoms. The summed E-state index contributed by atoms with van der Waals surface area (Å²) in [5.74, 6) is -8.32. The van der Waals surface area contributed by atoms with E-state index in [0.717, 1.165) is 12.1 Å². The molecule has 2 aromatic rings. The molecule has 5 rings (SSSR count). The van der Waals surface area contributed by atoms with Crippen LogP contribution in [0.3, 0.4) is 0 Å². The number of ketones is 2. The van der Waals surface area contributed by atoms with E-state index in [4.69, 9.17) is 17.3 Å². The zero-order chi connectivity index (χ0) is 34.0. The third-order valence-corrected chi connectivity index (χ3v) is 8.87. The summed E-state index contributed by atoms with van der Waals surface area (Å²) in [5, 5.41) is 49.2. The number of fused-ring (bicyclic) bond motifs is 3. The first-order valence-electron chi connectivity index (χ1n) is 13.8. The number of carbonyl (C=O) groups is 4. The Bertz CT molecular complexity index is 1790. The van der Waals surface area contributed by atoms with Gasteiger partial charge in [-0.05, 0) is 48.1 Å². The molecular weight excluding hydrogens is 637 g/mol. The molecule has 1 saturated carbocycles. The second kappa shape index (κ2) is 11.2. The molecule has 244 valence electrons. The van der Waals surface area contributed by atoms with Gasteiger partial charge in [-0.1, -0.05) is 6.07 Å². The van der Waals surface area contributed by atoms with Crippen LogP contribution in [0.25, 0.3) is 5.76 Å². The number of carbonyl (C=O) groups excluding carboxylic acids is 4. The normalized spacial score (nSPS) is 22.6. The van der Waals surface area contributed by atoms with E-state index in [1.54, 1.807) is 19.0 Å². The summed E-state index contributed by atoms with van der Waals surface area (Å²) >= 11 is 5.66. The van der Waals surface area contributed by atoms with Gasteiger partial charge in [0.25, 0.3) is 5.91 Å². The van der Waals surface area contributed by atoms with Crippen molar-refractivity contribution in [2.45, 2.75) is 36.9 Å². The fourth-order valence-electron chi connectivity index (χ4n) is 6.46. The molecule has 0 unspecified atom stereocenters. The van der Waals surface area contributed by atoms with Gasteiger partial charge in [0, 0.05) is 43.6 Å². The molecule has 12 nitrogen and oxygen atoms in total. The van der Waals surface area contributed by atoms with E-state index in [0.29, 0.717) is 11.3 Å². The largest absolute Gasteiger partial charge is 0.508 e. The summed E-state index contributed by atoms with van der Waals surface area (Å²) in [7, 11) is 3.22. The van der Waals surface area contributed by atoms with E-state index in [-0.39, 0.29) is 35.5 Å². The first kappa shape index (κ1) is 32.6. The van der Waals surface area contributed by atoms with Crippen LogP contribution in [0.5, 0.6) is 5.75 Å². The average Bonchev–Trinajstić information content (AvgIpc) is 2.95. The molecule has 3 aliphatic rings. The molecule has 0 aromatic heterocycles. The number of aliphatic hydroxyl groups excluding tert-OH is 2. The van der Waals surface area contributed by atoms with Crippen molar-refractivity contribution in [3.63, 3.8) is 0 Å². The molecule has 1 fully saturated rings.